The number of rotatable bonds is 4. The fourth-order valence-corrected chi connectivity index (χ4v) is 7.43. The van der Waals surface area contributed by atoms with Crippen molar-refractivity contribution in [3.05, 3.63) is 152 Å². The van der Waals surface area contributed by atoms with Crippen LogP contribution in [0.25, 0.3) is 111 Å². The lowest BCUT2D eigenvalue weighted by Gasteiger charge is -2.11. The standard InChI is InChI=1S/C45H25N3O3/c1-2-11-26(12-3-1)43-46-44(32-16-10-20-39-40(32)30-14-5-8-18-36(30)50-39)48-45(47-43)33-23-22-28(42-41(33)31-15-6-9-19-37(31)51-42)27-21-24-38-34(25-27)29-13-4-7-17-35(29)49-38/h1-25H. The molecule has 238 valence electrons. The lowest BCUT2D eigenvalue weighted by molar-refractivity contribution is 0.668. The summed E-state index contributed by atoms with van der Waals surface area (Å²) in [6, 6.07) is 51.0. The number of fused-ring (bicyclic) bond motifs is 9. The van der Waals surface area contributed by atoms with E-state index in [-0.39, 0.29) is 0 Å². The second kappa shape index (κ2) is 10.7. The minimum atomic E-state index is 0.558. The summed E-state index contributed by atoms with van der Waals surface area (Å²) in [4.78, 5) is 15.4. The predicted octanol–water partition coefficient (Wildman–Crippen LogP) is 12.2. The van der Waals surface area contributed by atoms with Gasteiger partial charge in [-0.15, -0.1) is 0 Å². The molecule has 51 heavy (non-hydrogen) atoms. The summed E-state index contributed by atoms with van der Waals surface area (Å²) in [7, 11) is 0. The first kappa shape index (κ1) is 27.9. The molecule has 6 nitrogen and oxygen atoms in total. The fraction of sp³-hybridized carbons (Fsp3) is 0. The molecule has 0 amide bonds. The molecule has 0 saturated carbocycles. The van der Waals surface area contributed by atoms with Crippen molar-refractivity contribution in [1.82, 2.24) is 15.0 Å². The SMILES string of the molecule is c1ccc(-c2nc(-c3cccc4oc5ccccc5c34)nc(-c3ccc(-c4ccc5oc6ccccc6c5c4)c4oc5ccccc5c34)n2)cc1. The van der Waals surface area contributed by atoms with E-state index in [2.05, 4.69) is 48.5 Å². The third-order valence-electron chi connectivity index (χ3n) is 9.77. The molecule has 7 aromatic carbocycles. The van der Waals surface area contributed by atoms with Crippen molar-refractivity contribution in [2.24, 2.45) is 0 Å². The van der Waals surface area contributed by atoms with Gasteiger partial charge in [0, 0.05) is 54.6 Å². The minimum Gasteiger partial charge on any atom is -0.456 e. The van der Waals surface area contributed by atoms with E-state index in [9.17, 15) is 0 Å². The van der Waals surface area contributed by atoms with Crippen LogP contribution in [0.2, 0.25) is 0 Å². The Bertz CT molecular complexity index is 3150. The Kier molecular flexibility index (Phi) is 5.86. The van der Waals surface area contributed by atoms with Crippen LogP contribution >= 0.6 is 0 Å². The van der Waals surface area contributed by atoms with E-state index < -0.39 is 0 Å². The molecule has 0 bridgehead atoms. The molecule has 0 unspecified atom stereocenters. The van der Waals surface area contributed by atoms with Crippen molar-refractivity contribution in [3.8, 4) is 45.3 Å². The van der Waals surface area contributed by atoms with Crippen LogP contribution in [-0.4, -0.2) is 15.0 Å². The van der Waals surface area contributed by atoms with E-state index in [0.29, 0.717) is 17.5 Å². The molecule has 0 atom stereocenters. The van der Waals surface area contributed by atoms with Gasteiger partial charge in [-0.25, -0.2) is 15.0 Å². The third kappa shape index (κ3) is 4.26. The predicted molar refractivity (Wildman–Crippen MR) is 203 cm³/mol. The molecule has 0 aliphatic heterocycles. The minimum absolute atomic E-state index is 0.558. The molecule has 0 aliphatic carbocycles. The zero-order valence-electron chi connectivity index (χ0n) is 27.0. The molecule has 11 aromatic rings. The number of nitrogens with zero attached hydrogens (tertiary/aromatic N) is 3. The first-order valence-corrected chi connectivity index (χ1v) is 16.9. The maximum Gasteiger partial charge on any atom is 0.164 e. The van der Waals surface area contributed by atoms with Crippen LogP contribution in [0.1, 0.15) is 0 Å². The highest BCUT2D eigenvalue weighted by Crippen LogP contribution is 2.43. The summed E-state index contributed by atoms with van der Waals surface area (Å²) in [5, 5.41) is 6.07. The van der Waals surface area contributed by atoms with E-state index in [1.165, 1.54) is 0 Å². The van der Waals surface area contributed by atoms with Crippen molar-refractivity contribution in [2.45, 2.75) is 0 Å². The van der Waals surface area contributed by atoms with Gasteiger partial charge in [-0.1, -0.05) is 103 Å². The van der Waals surface area contributed by atoms with Crippen molar-refractivity contribution in [3.63, 3.8) is 0 Å². The Hall–Kier alpha value is -7.05. The van der Waals surface area contributed by atoms with Gasteiger partial charge < -0.3 is 13.3 Å². The first-order valence-electron chi connectivity index (χ1n) is 16.9. The Balaban J connectivity index is 1.18. The molecule has 4 aromatic heterocycles. The van der Waals surface area contributed by atoms with Crippen LogP contribution in [0, 0.1) is 0 Å². The van der Waals surface area contributed by atoms with E-state index in [1.807, 2.05) is 103 Å². The smallest absolute Gasteiger partial charge is 0.164 e. The fourth-order valence-electron chi connectivity index (χ4n) is 7.43. The molecule has 0 fully saturated rings. The molecular weight excluding hydrogens is 631 g/mol. The van der Waals surface area contributed by atoms with Crippen molar-refractivity contribution in [2.75, 3.05) is 0 Å². The number of benzene rings is 7. The summed E-state index contributed by atoms with van der Waals surface area (Å²) in [5.41, 5.74) is 9.54. The van der Waals surface area contributed by atoms with E-state index in [4.69, 9.17) is 28.2 Å². The summed E-state index contributed by atoms with van der Waals surface area (Å²) in [6.45, 7) is 0. The highest BCUT2D eigenvalue weighted by Gasteiger charge is 2.22. The molecule has 6 heteroatoms. The number of hydrogen-bond acceptors (Lipinski definition) is 6. The van der Waals surface area contributed by atoms with Crippen LogP contribution in [0.5, 0.6) is 0 Å². The van der Waals surface area contributed by atoms with Gasteiger partial charge in [0.05, 0.1) is 0 Å². The molecule has 0 spiro atoms. The average Bonchev–Trinajstić information content (AvgIpc) is 3.89. The molecule has 0 N–H and O–H groups in total. The molecular formula is C45H25N3O3. The molecule has 0 radical (unpaired) electrons. The lowest BCUT2D eigenvalue weighted by Crippen LogP contribution is -2.01. The van der Waals surface area contributed by atoms with E-state index >= 15 is 0 Å². The maximum atomic E-state index is 6.70. The monoisotopic (exact) mass is 655 g/mol. The van der Waals surface area contributed by atoms with Crippen LogP contribution in [-0.2, 0) is 0 Å². The highest BCUT2D eigenvalue weighted by atomic mass is 16.3. The van der Waals surface area contributed by atoms with Gasteiger partial charge in [0.1, 0.15) is 33.5 Å². The molecule has 11 rings (SSSR count). The number of para-hydroxylation sites is 3. The zero-order valence-corrected chi connectivity index (χ0v) is 27.0. The largest absolute Gasteiger partial charge is 0.456 e. The van der Waals surface area contributed by atoms with Gasteiger partial charge in [0.15, 0.2) is 17.5 Å². The van der Waals surface area contributed by atoms with Gasteiger partial charge in [0.25, 0.3) is 0 Å². The van der Waals surface area contributed by atoms with Gasteiger partial charge in [-0.2, -0.15) is 0 Å². The first-order chi connectivity index (χ1) is 25.3. The average molecular weight is 656 g/mol. The lowest BCUT2D eigenvalue weighted by atomic mass is 9.97. The number of aromatic nitrogens is 3. The normalized spacial score (nSPS) is 11.9. The topological polar surface area (TPSA) is 78.1 Å². The summed E-state index contributed by atoms with van der Waals surface area (Å²) >= 11 is 0. The third-order valence-corrected chi connectivity index (χ3v) is 9.77. The van der Waals surface area contributed by atoms with Gasteiger partial charge in [-0.3, -0.25) is 0 Å². The van der Waals surface area contributed by atoms with E-state index in [1.54, 1.807) is 0 Å². The van der Waals surface area contributed by atoms with Crippen molar-refractivity contribution in [1.29, 1.82) is 0 Å². The zero-order chi connectivity index (χ0) is 33.5. The van der Waals surface area contributed by atoms with Crippen LogP contribution in [0.4, 0.5) is 0 Å². The van der Waals surface area contributed by atoms with E-state index in [0.717, 1.165) is 93.6 Å². The second-order valence-corrected chi connectivity index (χ2v) is 12.7. The summed E-state index contributed by atoms with van der Waals surface area (Å²) < 4.78 is 19.1. The Labute approximate surface area is 290 Å². The van der Waals surface area contributed by atoms with Crippen molar-refractivity contribution < 1.29 is 13.3 Å². The van der Waals surface area contributed by atoms with Crippen LogP contribution < -0.4 is 0 Å². The summed E-state index contributed by atoms with van der Waals surface area (Å²) in [6.07, 6.45) is 0. The van der Waals surface area contributed by atoms with Crippen LogP contribution in [0.15, 0.2) is 165 Å². The number of hydrogen-bond donors (Lipinski definition) is 0. The summed E-state index contributed by atoms with van der Waals surface area (Å²) in [5.74, 6) is 1.71. The van der Waals surface area contributed by atoms with Gasteiger partial charge in [0.2, 0.25) is 0 Å². The highest BCUT2D eigenvalue weighted by molar-refractivity contribution is 6.17. The molecule has 4 heterocycles. The second-order valence-electron chi connectivity index (χ2n) is 12.7. The Morgan fingerprint density at radius 3 is 1.65 bits per heavy atom. The quantitative estimate of drug-likeness (QED) is 0.188. The van der Waals surface area contributed by atoms with Gasteiger partial charge >= 0.3 is 0 Å². The maximum absolute atomic E-state index is 6.70. The number of furan rings is 3. The Morgan fingerprint density at radius 1 is 0.314 bits per heavy atom. The van der Waals surface area contributed by atoms with Crippen LogP contribution in [0.3, 0.4) is 0 Å². The molecule has 0 aliphatic rings. The van der Waals surface area contributed by atoms with Crippen molar-refractivity contribution >= 4 is 65.8 Å². The molecule has 0 saturated heterocycles. The van der Waals surface area contributed by atoms with Gasteiger partial charge in [-0.05, 0) is 54.1 Å². The Morgan fingerprint density at radius 2 is 0.863 bits per heavy atom.